The zero-order valence-corrected chi connectivity index (χ0v) is 15.8. The molecule has 0 bridgehead atoms. The average Bonchev–Trinajstić information content (AvgIpc) is 3.22. The molecule has 4 heteroatoms. The number of hydrogen-bond donors (Lipinski definition) is 0. The molecule has 0 amide bonds. The van der Waals surface area contributed by atoms with E-state index in [9.17, 15) is 4.79 Å². The summed E-state index contributed by atoms with van der Waals surface area (Å²) in [7, 11) is 0. The van der Waals surface area contributed by atoms with Crippen LogP contribution >= 0.6 is 0 Å². The van der Waals surface area contributed by atoms with Gasteiger partial charge >= 0.3 is 0 Å². The van der Waals surface area contributed by atoms with Crippen LogP contribution in [0.5, 0.6) is 5.75 Å². The van der Waals surface area contributed by atoms with Crippen molar-refractivity contribution in [2.24, 2.45) is 10.8 Å². The van der Waals surface area contributed by atoms with Crippen LogP contribution in [0.4, 0.5) is 0 Å². The number of benzene rings is 1. The van der Waals surface area contributed by atoms with Crippen LogP contribution in [0.3, 0.4) is 0 Å². The van der Waals surface area contributed by atoms with E-state index < -0.39 is 11.4 Å². The third kappa shape index (κ3) is 1.62. The Labute approximate surface area is 159 Å². The number of rotatable bonds is 0. The highest BCUT2D eigenvalue weighted by Gasteiger charge is 2.72. The summed E-state index contributed by atoms with van der Waals surface area (Å²) >= 11 is 0. The van der Waals surface area contributed by atoms with E-state index in [1.165, 1.54) is 5.57 Å². The van der Waals surface area contributed by atoms with Gasteiger partial charge in [0.2, 0.25) is 5.78 Å². The number of carbonyl (C=O) groups is 1. The van der Waals surface area contributed by atoms with Crippen LogP contribution in [0.2, 0.25) is 0 Å². The molecule has 27 heavy (non-hydrogen) atoms. The number of ether oxygens (including phenoxy) is 3. The highest BCUT2D eigenvalue weighted by Crippen LogP contribution is 2.71. The molecular formula is C23H24O4. The molecule has 1 aromatic rings. The van der Waals surface area contributed by atoms with Crippen LogP contribution in [0.25, 0.3) is 0 Å². The SMILES string of the molecule is C[C@]12C[C@@]3(Oc4ccccc4C3=O)C1=CC[C@@]1(C)C2=CCCC12OCCO2. The van der Waals surface area contributed by atoms with Crippen molar-refractivity contribution in [1.29, 1.82) is 0 Å². The second-order valence-corrected chi connectivity index (χ2v) is 9.02. The summed E-state index contributed by atoms with van der Waals surface area (Å²) in [5.41, 5.74) is 2.07. The molecule has 3 atom stereocenters. The molecule has 5 aliphatic rings. The highest BCUT2D eigenvalue weighted by molar-refractivity contribution is 6.11. The fraction of sp³-hybridized carbons (Fsp3) is 0.522. The van der Waals surface area contributed by atoms with Crippen LogP contribution in [-0.2, 0) is 9.47 Å². The van der Waals surface area contributed by atoms with E-state index in [0.29, 0.717) is 25.2 Å². The molecular weight excluding hydrogens is 340 g/mol. The number of carbonyl (C=O) groups excluding carboxylic acids is 1. The molecule has 1 saturated carbocycles. The zero-order chi connectivity index (χ0) is 18.5. The minimum Gasteiger partial charge on any atom is -0.474 e. The lowest BCUT2D eigenvalue weighted by Gasteiger charge is -2.63. The van der Waals surface area contributed by atoms with Gasteiger partial charge < -0.3 is 14.2 Å². The summed E-state index contributed by atoms with van der Waals surface area (Å²) in [5, 5.41) is 0. The molecule has 2 aliphatic heterocycles. The fourth-order valence-corrected chi connectivity index (χ4v) is 6.58. The topological polar surface area (TPSA) is 44.8 Å². The van der Waals surface area contributed by atoms with E-state index in [4.69, 9.17) is 14.2 Å². The van der Waals surface area contributed by atoms with E-state index in [0.717, 1.165) is 30.6 Å². The van der Waals surface area contributed by atoms with Crippen LogP contribution in [0.1, 0.15) is 49.9 Å². The predicted molar refractivity (Wildman–Crippen MR) is 99.6 cm³/mol. The molecule has 4 nitrogen and oxygen atoms in total. The van der Waals surface area contributed by atoms with E-state index in [-0.39, 0.29) is 16.6 Å². The van der Waals surface area contributed by atoms with Gasteiger partial charge in [-0.2, -0.15) is 0 Å². The maximum Gasteiger partial charge on any atom is 0.214 e. The number of Topliss-reactive ketones (excluding diaryl/α,β-unsaturated/α-hetero) is 1. The van der Waals surface area contributed by atoms with E-state index in [1.54, 1.807) is 0 Å². The van der Waals surface area contributed by atoms with Crippen LogP contribution in [0.15, 0.2) is 47.6 Å². The molecule has 0 aromatic heterocycles. The first-order valence-electron chi connectivity index (χ1n) is 9.98. The maximum atomic E-state index is 13.3. The fourth-order valence-electron chi connectivity index (χ4n) is 6.58. The Kier molecular flexibility index (Phi) is 2.82. The van der Waals surface area contributed by atoms with Crippen molar-refractivity contribution in [1.82, 2.24) is 0 Å². The molecule has 2 fully saturated rings. The first-order chi connectivity index (χ1) is 13.0. The van der Waals surface area contributed by atoms with E-state index in [2.05, 4.69) is 26.0 Å². The summed E-state index contributed by atoms with van der Waals surface area (Å²) in [6.07, 6.45) is 7.99. The Morgan fingerprint density at radius 2 is 1.78 bits per heavy atom. The molecule has 1 aromatic carbocycles. The van der Waals surface area contributed by atoms with Crippen molar-refractivity contribution < 1.29 is 19.0 Å². The van der Waals surface area contributed by atoms with E-state index >= 15 is 0 Å². The van der Waals surface area contributed by atoms with Crippen molar-refractivity contribution in [2.45, 2.75) is 50.9 Å². The molecule has 2 spiro atoms. The second kappa shape index (κ2) is 4.73. The molecule has 0 unspecified atom stereocenters. The Hall–Kier alpha value is -1.91. The normalized spacial score (nSPS) is 40.6. The summed E-state index contributed by atoms with van der Waals surface area (Å²) in [6.45, 7) is 5.87. The number of ketones is 1. The Balaban J connectivity index is 1.46. The smallest absolute Gasteiger partial charge is 0.214 e. The van der Waals surface area contributed by atoms with Gasteiger partial charge in [-0.05, 0) is 30.5 Å². The quantitative estimate of drug-likeness (QED) is 0.647. The molecule has 0 N–H and O–H groups in total. The van der Waals surface area contributed by atoms with Gasteiger partial charge in [-0.1, -0.05) is 43.7 Å². The molecule has 1 saturated heterocycles. The predicted octanol–water partition coefficient (Wildman–Crippen LogP) is 4.21. The molecule has 140 valence electrons. The van der Waals surface area contributed by atoms with Crippen LogP contribution in [0, 0.1) is 10.8 Å². The first kappa shape index (κ1) is 16.1. The first-order valence-corrected chi connectivity index (χ1v) is 9.98. The third-order valence-electron chi connectivity index (χ3n) is 7.73. The van der Waals surface area contributed by atoms with Gasteiger partial charge in [0.15, 0.2) is 11.4 Å². The number of fused-ring (bicyclic) bond motifs is 6. The van der Waals surface area contributed by atoms with Crippen molar-refractivity contribution in [3.8, 4) is 5.75 Å². The van der Waals surface area contributed by atoms with Crippen LogP contribution in [-0.4, -0.2) is 30.4 Å². The third-order valence-corrected chi connectivity index (χ3v) is 7.73. The lowest BCUT2D eigenvalue weighted by Crippen LogP contribution is -2.66. The number of allylic oxidation sites excluding steroid dienone is 2. The van der Waals surface area contributed by atoms with Gasteiger partial charge in [0.1, 0.15) is 5.75 Å². The minimum absolute atomic E-state index is 0.116. The van der Waals surface area contributed by atoms with Crippen LogP contribution < -0.4 is 4.74 Å². The standard InChI is InChI=1S/C23H24O4/c1-20-14-22(19(24)15-6-3-4-7-16(15)27-22)18(20)9-11-21(2)17(20)8-5-10-23(21)25-12-13-26-23/h3-4,6-9H,5,10-14H2,1-2H3/t20-,21+,22-/m1/s1. The zero-order valence-electron chi connectivity index (χ0n) is 15.8. The van der Waals surface area contributed by atoms with Gasteiger partial charge in [0, 0.05) is 23.7 Å². The van der Waals surface area contributed by atoms with Crippen molar-refractivity contribution in [3.05, 3.63) is 53.1 Å². The second-order valence-electron chi connectivity index (χ2n) is 9.02. The minimum atomic E-state index is -0.803. The monoisotopic (exact) mass is 364 g/mol. The van der Waals surface area contributed by atoms with Crippen molar-refractivity contribution in [2.75, 3.05) is 13.2 Å². The summed E-state index contributed by atoms with van der Waals surface area (Å²) < 4.78 is 18.7. The summed E-state index contributed by atoms with van der Waals surface area (Å²) in [4.78, 5) is 13.3. The summed E-state index contributed by atoms with van der Waals surface area (Å²) in [6, 6.07) is 7.62. The van der Waals surface area contributed by atoms with E-state index in [1.807, 2.05) is 24.3 Å². The molecule has 2 heterocycles. The Morgan fingerprint density at radius 3 is 2.56 bits per heavy atom. The van der Waals surface area contributed by atoms with Gasteiger partial charge in [-0.3, -0.25) is 4.79 Å². The Morgan fingerprint density at radius 1 is 1.00 bits per heavy atom. The number of hydrogen-bond acceptors (Lipinski definition) is 4. The molecule has 3 aliphatic carbocycles. The lowest BCUT2D eigenvalue weighted by molar-refractivity contribution is -0.235. The van der Waals surface area contributed by atoms with Crippen molar-refractivity contribution >= 4 is 5.78 Å². The summed E-state index contributed by atoms with van der Waals surface area (Å²) in [5.74, 6) is 0.314. The average molecular weight is 364 g/mol. The molecule has 6 rings (SSSR count). The van der Waals surface area contributed by atoms with Gasteiger partial charge in [0.25, 0.3) is 0 Å². The van der Waals surface area contributed by atoms with Gasteiger partial charge in [0.05, 0.1) is 18.8 Å². The number of para-hydroxylation sites is 1. The lowest BCUT2D eigenvalue weighted by atomic mass is 9.43. The maximum absolute atomic E-state index is 13.3. The Bertz CT molecular complexity index is 937. The van der Waals surface area contributed by atoms with Gasteiger partial charge in [-0.15, -0.1) is 0 Å². The largest absolute Gasteiger partial charge is 0.474 e. The molecule has 0 radical (unpaired) electrons. The van der Waals surface area contributed by atoms with Gasteiger partial charge in [-0.25, -0.2) is 0 Å². The van der Waals surface area contributed by atoms with Crippen molar-refractivity contribution in [3.63, 3.8) is 0 Å². The highest BCUT2D eigenvalue weighted by atomic mass is 16.7.